The number of nitrogens with zero attached hydrogens (tertiary/aromatic N) is 1. The van der Waals surface area contributed by atoms with Crippen molar-refractivity contribution in [2.75, 3.05) is 19.6 Å². The monoisotopic (exact) mass is 388 g/mol. The molecule has 1 aromatic rings. The van der Waals surface area contributed by atoms with E-state index in [1.807, 2.05) is 6.92 Å². The Bertz CT molecular complexity index is 696. The van der Waals surface area contributed by atoms with Gasteiger partial charge in [-0.25, -0.2) is 0 Å². The molecular formula is C18H20ClF3N2O2. The molecule has 1 aromatic carbocycles. The molecule has 8 heteroatoms. The first-order valence-corrected chi connectivity index (χ1v) is 8.71. The third-order valence-corrected chi connectivity index (χ3v) is 4.57. The number of hydrogen-bond donors (Lipinski definition) is 1. The molecule has 0 aromatic heterocycles. The molecule has 0 radical (unpaired) electrons. The fourth-order valence-corrected chi connectivity index (χ4v) is 3.04. The van der Waals surface area contributed by atoms with Crippen molar-refractivity contribution in [1.29, 1.82) is 0 Å². The zero-order valence-corrected chi connectivity index (χ0v) is 15.0. The first-order valence-electron chi connectivity index (χ1n) is 8.33. The quantitative estimate of drug-likeness (QED) is 0.799. The van der Waals surface area contributed by atoms with Gasteiger partial charge in [-0.05, 0) is 43.5 Å². The Kier molecular flexibility index (Phi) is 6.69. The van der Waals surface area contributed by atoms with E-state index in [0.29, 0.717) is 32.5 Å². The molecule has 0 saturated carbocycles. The molecule has 0 spiro atoms. The van der Waals surface area contributed by atoms with Crippen LogP contribution < -0.4 is 5.32 Å². The van der Waals surface area contributed by atoms with Crippen LogP contribution in [0, 0.1) is 5.92 Å². The maximum absolute atomic E-state index is 12.9. The highest BCUT2D eigenvalue weighted by atomic mass is 35.5. The Labute approximate surface area is 155 Å². The van der Waals surface area contributed by atoms with E-state index in [0.717, 1.165) is 12.1 Å². The number of alkyl halides is 3. The first kappa shape index (κ1) is 20.3. The molecule has 1 heterocycles. The summed E-state index contributed by atoms with van der Waals surface area (Å²) >= 11 is 5.58. The standard InChI is InChI=1S/C18H20ClF3N2O2/c1-2-23-17(26)13-7-9-24(10-8-13)16(25)6-4-12-3-5-15(19)14(11-12)18(20,21)22/h3-6,11,13H,2,7-10H2,1H3,(H,23,26)/b6-4+. The molecular weight excluding hydrogens is 369 g/mol. The third kappa shape index (κ3) is 5.24. The minimum Gasteiger partial charge on any atom is -0.356 e. The second-order valence-corrected chi connectivity index (χ2v) is 6.47. The summed E-state index contributed by atoms with van der Waals surface area (Å²) in [4.78, 5) is 25.6. The highest BCUT2D eigenvalue weighted by molar-refractivity contribution is 6.31. The van der Waals surface area contributed by atoms with E-state index in [-0.39, 0.29) is 28.3 Å². The summed E-state index contributed by atoms with van der Waals surface area (Å²) in [5.41, 5.74) is -0.691. The van der Waals surface area contributed by atoms with Gasteiger partial charge in [0.05, 0.1) is 10.6 Å². The molecule has 1 saturated heterocycles. The SMILES string of the molecule is CCNC(=O)C1CCN(C(=O)/C=C/c2ccc(Cl)c(C(F)(F)F)c2)CC1. The summed E-state index contributed by atoms with van der Waals surface area (Å²) in [7, 11) is 0. The number of carbonyl (C=O) groups excluding carboxylic acids is 2. The maximum atomic E-state index is 12.9. The molecule has 2 rings (SSSR count). The van der Waals surface area contributed by atoms with Crippen molar-refractivity contribution in [3.05, 3.63) is 40.4 Å². The molecule has 1 aliphatic heterocycles. The summed E-state index contributed by atoms with van der Waals surface area (Å²) in [5.74, 6) is -0.396. The van der Waals surface area contributed by atoms with Crippen molar-refractivity contribution in [2.24, 2.45) is 5.92 Å². The van der Waals surface area contributed by atoms with Crippen LogP contribution in [-0.2, 0) is 15.8 Å². The van der Waals surface area contributed by atoms with E-state index < -0.39 is 11.7 Å². The number of amides is 2. The number of likely N-dealkylation sites (tertiary alicyclic amines) is 1. The minimum absolute atomic E-state index is 0.00372. The van der Waals surface area contributed by atoms with Crippen molar-refractivity contribution in [1.82, 2.24) is 10.2 Å². The van der Waals surface area contributed by atoms with Crippen molar-refractivity contribution < 1.29 is 22.8 Å². The molecule has 1 N–H and O–H groups in total. The van der Waals surface area contributed by atoms with Gasteiger partial charge in [0, 0.05) is 31.6 Å². The Morgan fingerprint density at radius 1 is 1.31 bits per heavy atom. The summed E-state index contributed by atoms with van der Waals surface area (Å²) in [6.07, 6.45) is -0.819. The van der Waals surface area contributed by atoms with Crippen molar-refractivity contribution >= 4 is 29.5 Å². The smallest absolute Gasteiger partial charge is 0.356 e. The van der Waals surface area contributed by atoms with E-state index in [2.05, 4.69) is 5.32 Å². The highest BCUT2D eigenvalue weighted by Gasteiger charge is 2.33. The highest BCUT2D eigenvalue weighted by Crippen LogP contribution is 2.35. The van der Waals surface area contributed by atoms with Gasteiger partial charge in [-0.2, -0.15) is 13.2 Å². The van der Waals surface area contributed by atoms with Crippen LogP contribution in [0.2, 0.25) is 5.02 Å². The Morgan fingerprint density at radius 3 is 2.54 bits per heavy atom. The Balaban J connectivity index is 1.97. The molecule has 26 heavy (non-hydrogen) atoms. The molecule has 0 bridgehead atoms. The summed E-state index contributed by atoms with van der Waals surface area (Å²) in [6, 6.07) is 3.49. The van der Waals surface area contributed by atoms with Gasteiger partial charge in [-0.15, -0.1) is 0 Å². The number of carbonyl (C=O) groups is 2. The second kappa shape index (κ2) is 8.58. The number of halogens is 4. The van der Waals surface area contributed by atoms with Gasteiger partial charge < -0.3 is 10.2 Å². The van der Waals surface area contributed by atoms with Crippen LogP contribution in [0.25, 0.3) is 6.08 Å². The average Bonchev–Trinajstić information content (AvgIpc) is 2.60. The van der Waals surface area contributed by atoms with Crippen LogP contribution >= 0.6 is 11.6 Å². The van der Waals surface area contributed by atoms with Gasteiger partial charge >= 0.3 is 6.18 Å². The van der Waals surface area contributed by atoms with Gasteiger partial charge in [0.25, 0.3) is 0 Å². The minimum atomic E-state index is -4.55. The fourth-order valence-electron chi connectivity index (χ4n) is 2.82. The molecule has 1 fully saturated rings. The van der Waals surface area contributed by atoms with E-state index in [9.17, 15) is 22.8 Å². The number of nitrogens with one attached hydrogen (secondary N) is 1. The van der Waals surface area contributed by atoms with Gasteiger partial charge in [-0.1, -0.05) is 17.7 Å². The van der Waals surface area contributed by atoms with Crippen LogP contribution in [0.15, 0.2) is 24.3 Å². The average molecular weight is 389 g/mol. The number of piperidine rings is 1. The summed E-state index contributed by atoms with van der Waals surface area (Å²) < 4.78 is 38.6. The van der Waals surface area contributed by atoms with Gasteiger partial charge in [0.15, 0.2) is 0 Å². The Hall–Kier alpha value is -2.02. The van der Waals surface area contributed by atoms with Crippen molar-refractivity contribution in [3.63, 3.8) is 0 Å². The second-order valence-electron chi connectivity index (χ2n) is 6.06. The van der Waals surface area contributed by atoms with E-state index in [1.54, 1.807) is 4.90 Å². The van der Waals surface area contributed by atoms with Crippen LogP contribution in [0.4, 0.5) is 13.2 Å². The zero-order chi connectivity index (χ0) is 19.3. The van der Waals surface area contributed by atoms with Gasteiger partial charge in [0.1, 0.15) is 0 Å². The third-order valence-electron chi connectivity index (χ3n) is 4.24. The number of benzene rings is 1. The van der Waals surface area contributed by atoms with E-state index in [4.69, 9.17) is 11.6 Å². The lowest BCUT2D eigenvalue weighted by Crippen LogP contribution is -2.42. The zero-order valence-electron chi connectivity index (χ0n) is 14.3. The molecule has 142 valence electrons. The largest absolute Gasteiger partial charge is 0.417 e. The lowest BCUT2D eigenvalue weighted by Gasteiger charge is -2.30. The Morgan fingerprint density at radius 2 is 1.96 bits per heavy atom. The summed E-state index contributed by atoms with van der Waals surface area (Å²) in [6.45, 7) is 3.31. The lowest BCUT2D eigenvalue weighted by molar-refractivity contribution is -0.137. The predicted molar refractivity (Wildman–Crippen MR) is 93.5 cm³/mol. The van der Waals surface area contributed by atoms with Crippen LogP contribution in [0.5, 0.6) is 0 Å². The van der Waals surface area contributed by atoms with Gasteiger partial charge in [0.2, 0.25) is 11.8 Å². The molecule has 1 aliphatic rings. The first-order chi connectivity index (χ1) is 12.2. The topological polar surface area (TPSA) is 49.4 Å². The number of hydrogen-bond acceptors (Lipinski definition) is 2. The molecule has 4 nitrogen and oxygen atoms in total. The van der Waals surface area contributed by atoms with E-state index in [1.165, 1.54) is 18.2 Å². The molecule has 0 unspecified atom stereocenters. The van der Waals surface area contributed by atoms with Crippen LogP contribution in [-0.4, -0.2) is 36.3 Å². The molecule has 0 atom stereocenters. The van der Waals surface area contributed by atoms with Crippen LogP contribution in [0.3, 0.4) is 0 Å². The number of rotatable bonds is 4. The normalized spacial score (nSPS) is 16.1. The van der Waals surface area contributed by atoms with E-state index >= 15 is 0 Å². The fraction of sp³-hybridized carbons (Fsp3) is 0.444. The molecule has 2 amide bonds. The summed E-state index contributed by atoms with van der Waals surface area (Å²) in [5, 5.41) is 2.39. The lowest BCUT2D eigenvalue weighted by atomic mass is 9.96. The molecule has 0 aliphatic carbocycles. The van der Waals surface area contributed by atoms with Crippen molar-refractivity contribution in [2.45, 2.75) is 25.9 Å². The van der Waals surface area contributed by atoms with Crippen LogP contribution in [0.1, 0.15) is 30.9 Å². The maximum Gasteiger partial charge on any atom is 0.417 e. The predicted octanol–water partition coefficient (Wildman–Crippen LogP) is 3.75. The van der Waals surface area contributed by atoms with Gasteiger partial charge in [-0.3, -0.25) is 9.59 Å². The van der Waals surface area contributed by atoms with Crippen molar-refractivity contribution in [3.8, 4) is 0 Å².